The summed E-state index contributed by atoms with van der Waals surface area (Å²) < 4.78 is 32.8. The molecule has 1 aromatic carbocycles. The van der Waals surface area contributed by atoms with Crippen molar-refractivity contribution in [2.24, 2.45) is 5.14 Å². The van der Waals surface area contributed by atoms with Gasteiger partial charge in [0, 0.05) is 5.69 Å². The summed E-state index contributed by atoms with van der Waals surface area (Å²) in [6, 6.07) is 10.4. The number of ether oxygens (including phenoxy) is 1. The van der Waals surface area contributed by atoms with E-state index in [1.54, 1.807) is 6.07 Å². The Morgan fingerprint density at radius 1 is 1.19 bits per heavy atom. The van der Waals surface area contributed by atoms with Crippen molar-refractivity contribution in [1.29, 1.82) is 0 Å². The molecule has 6 nitrogen and oxygen atoms in total. The summed E-state index contributed by atoms with van der Waals surface area (Å²) in [5.41, 5.74) is 0.882. The van der Waals surface area contributed by atoms with Crippen LogP contribution in [0.1, 0.15) is 19.1 Å². The van der Waals surface area contributed by atoms with E-state index in [1.807, 2.05) is 24.3 Å². The maximum Gasteiger partial charge on any atom is 0.271 e. The topological polar surface area (TPSA) is 94.6 Å². The smallest absolute Gasteiger partial charge is 0.271 e. The fraction of sp³-hybridized carbons (Fsp3) is 0.286. The second-order valence-electron chi connectivity index (χ2n) is 4.49. The van der Waals surface area contributed by atoms with E-state index < -0.39 is 10.0 Å². The van der Waals surface area contributed by atoms with Gasteiger partial charge in [-0.25, -0.2) is 13.6 Å². The Bertz CT molecular complexity index is 677. The molecule has 2 rings (SSSR count). The number of furan rings is 1. The lowest BCUT2D eigenvalue weighted by Crippen LogP contribution is -2.10. The third kappa shape index (κ3) is 4.51. The van der Waals surface area contributed by atoms with Gasteiger partial charge in [0.1, 0.15) is 11.5 Å². The summed E-state index contributed by atoms with van der Waals surface area (Å²) in [7, 11) is -3.79. The number of anilines is 1. The molecule has 3 N–H and O–H groups in total. The number of hydrogen-bond acceptors (Lipinski definition) is 5. The first-order chi connectivity index (χ1) is 9.99. The van der Waals surface area contributed by atoms with Gasteiger partial charge in [0.05, 0.1) is 13.2 Å². The Kier molecular flexibility index (Phi) is 4.87. The normalized spacial score (nSPS) is 11.3. The van der Waals surface area contributed by atoms with Crippen LogP contribution in [0.3, 0.4) is 0 Å². The van der Waals surface area contributed by atoms with Crippen LogP contribution in [0.2, 0.25) is 0 Å². The van der Waals surface area contributed by atoms with E-state index in [2.05, 4.69) is 12.2 Å². The third-order valence-electron chi connectivity index (χ3n) is 2.71. The zero-order valence-electron chi connectivity index (χ0n) is 11.7. The van der Waals surface area contributed by atoms with Crippen LogP contribution < -0.4 is 15.2 Å². The SMILES string of the molecule is CCCOc1ccc(NCc2ccc(S(N)(=O)=O)o2)cc1. The van der Waals surface area contributed by atoms with Crippen molar-refractivity contribution in [3.63, 3.8) is 0 Å². The molecule has 0 saturated carbocycles. The van der Waals surface area contributed by atoms with Crippen LogP contribution in [0.25, 0.3) is 0 Å². The standard InChI is InChI=1S/C14H18N2O4S/c1-2-9-19-12-5-3-11(4-6-12)16-10-13-7-8-14(20-13)21(15,17)18/h3-8,16H,2,9-10H2,1H3,(H2,15,17,18). The Morgan fingerprint density at radius 2 is 1.90 bits per heavy atom. The number of primary sulfonamides is 1. The van der Waals surface area contributed by atoms with E-state index in [0.717, 1.165) is 17.9 Å². The molecule has 0 unspecified atom stereocenters. The van der Waals surface area contributed by atoms with Gasteiger partial charge < -0.3 is 14.5 Å². The van der Waals surface area contributed by atoms with E-state index in [4.69, 9.17) is 14.3 Å². The van der Waals surface area contributed by atoms with Crippen LogP contribution in [0, 0.1) is 0 Å². The third-order valence-corrected chi connectivity index (χ3v) is 3.49. The van der Waals surface area contributed by atoms with Crippen molar-refractivity contribution in [3.8, 4) is 5.75 Å². The first-order valence-electron chi connectivity index (χ1n) is 6.57. The highest BCUT2D eigenvalue weighted by molar-refractivity contribution is 7.89. The highest BCUT2D eigenvalue weighted by atomic mass is 32.2. The molecular weight excluding hydrogens is 292 g/mol. The predicted octanol–water partition coefficient (Wildman–Crippen LogP) is 2.33. The lowest BCUT2D eigenvalue weighted by Gasteiger charge is -2.07. The van der Waals surface area contributed by atoms with E-state index in [9.17, 15) is 8.42 Å². The van der Waals surface area contributed by atoms with E-state index >= 15 is 0 Å². The molecule has 0 fully saturated rings. The van der Waals surface area contributed by atoms with Crippen LogP contribution in [0.5, 0.6) is 5.75 Å². The fourth-order valence-corrected chi connectivity index (χ4v) is 2.17. The molecule has 2 aromatic rings. The molecule has 0 bridgehead atoms. The van der Waals surface area contributed by atoms with E-state index in [-0.39, 0.29) is 5.09 Å². The molecule has 1 aromatic heterocycles. The molecule has 0 amide bonds. The maximum atomic E-state index is 11.1. The number of sulfonamides is 1. The first-order valence-corrected chi connectivity index (χ1v) is 8.12. The molecule has 1 heterocycles. The quantitative estimate of drug-likeness (QED) is 0.818. The summed E-state index contributed by atoms with van der Waals surface area (Å²) in [5, 5.41) is 7.87. The monoisotopic (exact) mass is 310 g/mol. The van der Waals surface area contributed by atoms with Crippen molar-refractivity contribution in [3.05, 3.63) is 42.2 Å². The Hall–Kier alpha value is -1.99. The first kappa shape index (κ1) is 15.4. The van der Waals surface area contributed by atoms with E-state index in [0.29, 0.717) is 18.9 Å². The molecule has 0 spiro atoms. The molecule has 0 aliphatic carbocycles. The fourth-order valence-electron chi connectivity index (χ4n) is 1.68. The number of benzene rings is 1. The zero-order valence-corrected chi connectivity index (χ0v) is 12.5. The summed E-state index contributed by atoms with van der Waals surface area (Å²) in [5.74, 6) is 1.31. The molecule has 7 heteroatoms. The highest BCUT2D eigenvalue weighted by Crippen LogP contribution is 2.18. The largest absolute Gasteiger partial charge is 0.494 e. The number of nitrogens with one attached hydrogen (secondary N) is 1. The van der Waals surface area contributed by atoms with Gasteiger partial charge >= 0.3 is 0 Å². The molecule has 0 saturated heterocycles. The second-order valence-corrected chi connectivity index (χ2v) is 5.98. The van der Waals surface area contributed by atoms with Gasteiger partial charge in [0.2, 0.25) is 5.09 Å². The van der Waals surface area contributed by atoms with Gasteiger partial charge in [0.15, 0.2) is 0 Å². The predicted molar refractivity (Wildman–Crippen MR) is 79.6 cm³/mol. The average molecular weight is 310 g/mol. The summed E-state index contributed by atoms with van der Waals surface area (Å²) in [6.07, 6.45) is 0.963. The van der Waals surface area contributed by atoms with Gasteiger partial charge in [-0.15, -0.1) is 0 Å². The summed E-state index contributed by atoms with van der Waals surface area (Å²) in [6.45, 7) is 3.11. The van der Waals surface area contributed by atoms with Gasteiger partial charge in [-0.3, -0.25) is 0 Å². The Morgan fingerprint density at radius 3 is 2.48 bits per heavy atom. The minimum atomic E-state index is -3.79. The lowest BCUT2D eigenvalue weighted by atomic mass is 10.3. The minimum Gasteiger partial charge on any atom is -0.494 e. The van der Waals surface area contributed by atoms with Gasteiger partial charge in [0.25, 0.3) is 10.0 Å². The number of hydrogen-bond donors (Lipinski definition) is 2. The van der Waals surface area contributed by atoms with Crippen molar-refractivity contribution < 1.29 is 17.6 Å². The van der Waals surface area contributed by atoms with Crippen LogP contribution in [0.4, 0.5) is 5.69 Å². The van der Waals surface area contributed by atoms with Crippen LogP contribution >= 0.6 is 0 Å². The molecule has 0 aliphatic heterocycles. The molecule has 0 aliphatic rings. The average Bonchev–Trinajstić information content (AvgIpc) is 2.93. The molecule has 0 atom stereocenters. The van der Waals surface area contributed by atoms with Crippen LogP contribution in [-0.4, -0.2) is 15.0 Å². The van der Waals surface area contributed by atoms with Gasteiger partial charge in [-0.2, -0.15) is 0 Å². The van der Waals surface area contributed by atoms with Gasteiger partial charge in [-0.1, -0.05) is 6.92 Å². The van der Waals surface area contributed by atoms with Crippen molar-refractivity contribution >= 4 is 15.7 Å². The minimum absolute atomic E-state index is 0.234. The van der Waals surface area contributed by atoms with Gasteiger partial charge in [-0.05, 0) is 42.8 Å². The summed E-state index contributed by atoms with van der Waals surface area (Å²) >= 11 is 0. The van der Waals surface area contributed by atoms with Crippen LogP contribution in [0.15, 0.2) is 45.9 Å². The summed E-state index contributed by atoms with van der Waals surface area (Å²) in [4.78, 5) is 0. The Labute approximate surface area is 124 Å². The molecule has 0 radical (unpaired) electrons. The second kappa shape index (κ2) is 6.64. The number of nitrogens with two attached hydrogens (primary N) is 1. The van der Waals surface area contributed by atoms with Crippen molar-refractivity contribution in [1.82, 2.24) is 0 Å². The highest BCUT2D eigenvalue weighted by Gasteiger charge is 2.12. The van der Waals surface area contributed by atoms with Crippen molar-refractivity contribution in [2.75, 3.05) is 11.9 Å². The van der Waals surface area contributed by atoms with E-state index in [1.165, 1.54) is 6.07 Å². The Balaban J connectivity index is 1.92. The molecular formula is C14H18N2O4S. The van der Waals surface area contributed by atoms with Crippen LogP contribution in [-0.2, 0) is 16.6 Å². The zero-order chi connectivity index (χ0) is 15.3. The molecule has 114 valence electrons. The maximum absolute atomic E-state index is 11.1. The lowest BCUT2D eigenvalue weighted by molar-refractivity contribution is 0.317. The van der Waals surface area contributed by atoms with Crippen molar-refractivity contribution in [2.45, 2.75) is 25.0 Å². The number of rotatable bonds is 7. The molecule has 21 heavy (non-hydrogen) atoms.